The number of benzene rings is 1. The van der Waals surface area contributed by atoms with Crippen LogP contribution >= 0.6 is 0 Å². The molecule has 1 atom stereocenters. The van der Waals surface area contributed by atoms with Gasteiger partial charge >= 0.3 is 0 Å². The fraction of sp³-hybridized carbons (Fsp3) is 0.562. The van der Waals surface area contributed by atoms with E-state index in [-0.39, 0.29) is 22.6 Å². The molecule has 3 N–H and O–H groups in total. The van der Waals surface area contributed by atoms with Crippen LogP contribution in [0.2, 0.25) is 0 Å². The molecule has 1 amide bonds. The van der Waals surface area contributed by atoms with Crippen molar-refractivity contribution in [2.45, 2.75) is 31.2 Å². The normalized spacial score (nSPS) is 18.2. The van der Waals surface area contributed by atoms with Gasteiger partial charge in [0.2, 0.25) is 10.0 Å². The van der Waals surface area contributed by atoms with Crippen LogP contribution in [0.3, 0.4) is 0 Å². The molecule has 1 saturated heterocycles. The maximum absolute atomic E-state index is 12.6. The van der Waals surface area contributed by atoms with Crippen molar-refractivity contribution >= 4 is 15.9 Å². The predicted molar refractivity (Wildman–Crippen MR) is 91.5 cm³/mol. The molecular weight excluding hydrogens is 330 g/mol. The number of ether oxygens (including phenoxy) is 1. The van der Waals surface area contributed by atoms with Crippen LogP contribution in [-0.4, -0.2) is 52.0 Å². The first-order valence-electron chi connectivity index (χ1n) is 7.98. The number of likely N-dealkylation sites (tertiary alicyclic amines) is 1. The second-order valence-electron chi connectivity index (χ2n) is 6.28. The molecule has 0 saturated carbocycles. The number of methoxy groups -OCH3 is 1. The Bertz CT molecular complexity index is 703. The molecule has 8 heteroatoms. The number of carbonyl (C=O) groups is 1. The zero-order chi connectivity index (χ0) is 17.9. The van der Waals surface area contributed by atoms with E-state index in [2.05, 4.69) is 4.72 Å². The maximum Gasteiger partial charge on any atom is 0.253 e. The molecule has 7 nitrogen and oxygen atoms in total. The van der Waals surface area contributed by atoms with E-state index in [1.54, 1.807) is 24.8 Å². The van der Waals surface area contributed by atoms with E-state index < -0.39 is 10.0 Å². The molecule has 1 aliphatic heterocycles. The maximum atomic E-state index is 12.6. The minimum absolute atomic E-state index is 0.0286. The summed E-state index contributed by atoms with van der Waals surface area (Å²) in [5.41, 5.74) is 5.99. The quantitative estimate of drug-likeness (QED) is 0.786. The second-order valence-corrected chi connectivity index (χ2v) is 7.97. The highest BCUT2D eigenvalue weighted by Gasteiger charge is 2.28. The Hall–Kier alpha value is -1.64. The molecule has 1 aromatic carbocycles. The fourth-order valence-electron chi connectivity index (χ4n) is 2.79. The monoisotopic (exact) mass is 355 g/mol. The molecule has 24 heavy (non-hydrogen) atoms. The smallest absolute Gasteiger partial charge is 0.253 e. The summed E-state index contributed by atoms with van der Waals surface area (Å²) in [5.74, 6) is 0.327. The van der Waals surface area contributed by atoms with Crippen molar-refractivity contribution in [2.24, 2.45) is 11.7 Å². The number of carbonyl (C=O) groups excluding carboxylic acids is 1. The van der Waals surface area contributed by atoms with Gasteiger partial charge in [-0.05, 0) is 50.9 Å². The van der Waals surface area contributed by atoms with Crippen LogP contribution in [-0.2, 0) is 10.0 Å². The SMILES string of the molecule is COc1ccc(C(=O)N2CCC(CN)C2)cc1S(=O)(=O)NC(C)C. The summed E-state index contributed by atoms with van der Waals surface area (Å²) in [6.07, 6.45) is 0.873. The number of hydrogen-bond donors (Lipinski definition) is 2. The Kier molecular flexibility index (Phi) is 5.84. The average molecular weight is 355 g/mol. The summed E-state index contributed by atoms with van der Waals surface area (Å²) in [6, 6.07) is 4.22. The van der Waals surface area contributed by atoms with Crippen molar-refractivity contribution in [3.63, 3.8) is 0 Å². The number of sulfonamides is 1. The highest BCUT2D eigenvalue weighted by molar-refractivity contribution is 7.89. The van der Waals surface area contributed by atoms with Crippen molar-refractivity contribution < 1.29 is 17.9 Å². The summed E-state index contributed by atoms with van der Waals surface area (Å²) < 4.78 is 32.6. The molecule has 0 radical (unpaired) electrons. The molecule has 0 spiro atoms. The molecule has 0 aliphatic carbocycles. The summed E-state index contributed by atoms with van der Waals surface area (Å²) in [7, 11) is -2.36. The third kappa shape index (κ3) is 4.06. The van der Waals surface area contributed by atoms with Gasteiger partial charge in [0.25, 0.3) is 5.91 Å². The van der Waals surface area contributed by atoms with E-state index in [0.717, 1.165) is 6.42 Å². The van der Waals surface area contributed by atoms with E-state index in [0.29, 0.717) is 31.1 Å². The Morgan fingerprint density at radius 1 is 1.46 bits per heavy atom. The zero-order valence-corrected chi connectivity index (χ0v) is 15.1. The van der Waals surface area contributed by atoms with Crippen LogP contribution in [0.25, 0.3) is 0 Å². The predicted octanol–water partition coefficient (Wildman–Crippen LogP) is 0.803. The third-order valence-corrected chi connectivity index (χ3v) is 5.68. The van der Waals surface area contributed by atoms with E-state index in [1.165, 1.54) is 19.2 Å². The first kappa shape index (κ1) is 18.7. The Labute approximate surface area is 143 Å². The fourth-order valence-corrected chi connectivity index (χ4v) is 4.23. The van der Waals surface area contributed by atoms with Gasteiger partial charge in [0, 0.05) is 24.7 Å². The van der Waals surface area contributed by atoms with E-state index in [1.807, 2.05) is 0 Å². The number of rotatable bonds is 6. The van der Waals surface area contributed by atoms with Crippen LogP contribution in [0.5, 0.6) is 5.75 Å². The van der Waals surface area contributed by atoms with Gasteiger partial charge in [0.05, 0.1) is 7.11 Å². The molecule has 1 fully saturated rings. The lowest BCUT2D eigenvalue weighted by Gasteiger charge is -2.18. The summed E-state index contributed by atoms with van der Waals surface area (Å²) in [6.45, 7) is 5.25. The van der Waals surface area contributed by atoms with E-state index >= 15 is 0 Å². The largest absolute Gasteiger partial charge is 0.495 e. The number of nitrogens with two attached hydrogens (primary N) is 1. The van der Waals surface area contributed by atoms with Gasteiger partial charge in [0.15, 0.2) is 0 Å². The van der Waals surface area contributed by atoms with E-state index in [4.69, 9.17) is 10.5 Å². The molecule has 0 aromatic heterocycles. The first-order valence-corrected chi connectivity index (χ1v) is 9.46. The summed E-state index contributed by atoms with van der Waals surface area (Å²) in [4.78, 5) is 14.3. The minimum atomic E-state index is -3.76. The van der Waals surface area contributed by atoms with Gasteiger partial charge in [0.1, 0.15) is 10.6 Å². The number of hydrogen-bond acceptors (Lipinski definition) is 5. The minimum Gasteiger partial charge on any atom is -0.495 e. The van der Waals surface area contributed by atoms with Gasteiger partial charge in [-0.3, -0.25) is 4.79 Å². The molecule has 0 bridgehead atoms. The lowest BCUT2D eigenvalue weighted by atomic mass is 10.1. The average Bonchev–Trinajstić information content (AvgIpc) is 3.01. The Balaban J connectivity index is 2.33. The van der Waals surface area contributed by atoms with Crippen LogP contribution in [0, 0.1) is 5.92 Å². The zero-order valence-electron chi connectivity index (χ0n) is 14.3. The standard InChI is InChI=1S/C16H25N3O4S/c1-11(2)18-24(21,22)15-8-13(4-5-14(15)23-3)16(20)19-7-6-12(9-17)10-19/h4-5,8,11-12,18H,6-7,9-10,17H2,1-3H3. The Morgan fingerprint density at radius 3 is 2.71 bits per heavy atom. The van der Waals surface area contributed by atoms with Crippen molar-refractivity contribution in [1.82, 2.24) is 9.62 Å². The molecule has 1 unspecified atom stereocenters. The van der Waals surface area contributed by atoms with Gasteiger partial charge in [-0.25, -0.2) is 13.1 Å². The van der Waals surface area contributed by atoms with Crippen LogP contribution in [0.15, 0.2) is 23.1 Å². The highest BCUT2D eigenvalue weighted by Crippen LogP contribution is 2.27. The van der Waals surface area contributed by atoms with Crippen molar-refractivity contribution in [3.8, 4) is 5.75 Å². The van der Waals surface area contributed by atoms with Gasteiger partial charge in [-0.2, -0.15) is 0 Å². The van der Waals surface area contributed by atoms with Crippen molar-refractivity contribution in [1.29, 1.82) is 0 Å². The van der Waals surface area contributed by atoms with Crippen LogP contribution in [0.4, 0.5) is 0 Å². The first-order chi connectivity index (χ1) is 11.3. The molecule has 2 rings (SSSR count). The molecule has 1 aliphatic rings. The number of nitrogens with zero attached hydrogens (tertiary/aromatic N) is 1. The molecular formula is C16H25N3O4S. The third-order valence-electron chi connectivity index (χ3n) is 4.00. The summed E-state index contributed by atoms with van der Waals surface area (Å²) in [5, 5.41) is 0. The van der Waals surface area contributed by atoms with Crippen molar-refractivity contribution in [3.05, 3.63) is 23.8 Å². The van der Waals surface area contributed by atoms with Crippen LogP contribution < -0.4 is 15.2 Å². The van der Waals surface area contributed by atoms with Crippen molar-refractivity contribution in [2.75, 3.05) is 26.7 Å². The molecule has 1 heterocycles. The van der Waals surface area contributed by atoms with E-state index in [9.17, 15) is 13.2 Å². The lowest BCUT2D eigenvalue weighted by Crippen LogP contribution is -2.32. The molecule has 1 aromatic rings. The van der Waals surface area contributed by atoms with Crippen LogP contribution in [0.1, 0.15) is 30.6 Å². The Morgan fingerprint density at radius 2 is 2.17 bits per heavy atom. The number of amides is 1. The molecule has 134 valence electrons. The van der Waals surface area contributed by atoms with Gasteiger partial charge < -0.3 is 15.4 Å². The lowest BCUT2D eigenvalue weighted by molar-refractivity contribution is 0.0787. The second kappa shape index (κ2) is 7.50. The summed E-state index contributed by atoms with van der Waals surface area (Å²) >= 11 is 0. The topological polar surface area (TPSA) is 102 Å². The van der Waals surface area contributed by atoms with Gasteiger partial charge in [-0.1, -0.05) is 0 Å². The highest BCUT2D eigenvalue weighted by atomic mass is 32.2. The number of nitrogens with one attached hydrogen (secondary N) is 1. The van der Waals surface area contributed by atoms with Gasteiger partial charge in [-0.15, -0.1) is 0 Å².